The fourth-order valence-corrected chi connectivity index (χ4v) is 4.69. The molecule has 0 bridgehead atoms. The van der Waals surface area contributed by atoms with Crippen molar-refractivity contribution in [3.8, 4) is 11.1 Å². The lowest BCUT2D eigenvalue weighted by Crippen LogP contribution is -2.37. The molecule has 1 spiro atoms. The molecule has 0 radical (unpaired) electrons. The molecule has 1 fully saturated rings. The summed E-state index contributed by atoms with van der Waals surface area (Å²) in [6.45, 7) is 3.97. The number of hydrogen-bond acceptors (Lipinski definition) is 3. The van der Waals surface area contributed by atoms with E-state index >= 15 is 0 Å². The Bertz CT molecular complexity index is 951. The average molecular weight is 380 g/mol. The lowest BCUT2D eigenvalue weighted by atomic mass is 9.84. The maximum absolute atomic E-state index is 13.3. The van der Waals surface area contributed by atoms with Crippen molar-refractivity contribution in [3.63, 3.8) is 0 Å². The summed E-state index contributed by atoms with van der Waals surface area (Å²) in [5.74, 6) is -0.586. The molecule has 0 unspecified atom stereocenters. The fourth-order valence-electron chi connectivity index (χ4n) is 4.69. The van der Waals surface area contributed by atoms with Gasteiger partial charge in [0.15, 0.2) is 0 Å². The van der Waals surface area contributed by atoms with Gasteiger partial charge in [-0.1, -0.05) is 31.2 Å². The van der Waals surface area contributed by atoms with Crippen molar-refractivity contribution in [2.24, 2.45) is 0 Å². The van der Waals surface area contributed by atoms with Crippen molar-refractivity contribution in [2.75, 3.05) is 0 Å². The van der Waals surface area contributed by atoms with Crippen LogP contribution in [0.4, 0.5) is 4.39 Å². The van der Waals surface area contributed by atoms with Crippen LogP contribution in [0, 0.1) is 12.7 Å². The third-order valence-corrected chi connectivity index (χ3v) is 6.14. The summed E-state index contributed by atoms with van der Waals surface area (Å²) in [7, 11) is 0. The molecule has 1 aliphatic carbocycles. The number of esters is 1. The lowest BCUT2D eigenvalue weighted by molar-refractivity contribution is -0.154. The number of hydrogen-bond donors (Lipinski definition) is 1. The van der Waals surface area contributed by atoms with Gasteiger partial charge in [-0.25, -0.2) is 9.18 Å². The minimum Gasteiger partial charge on any atom is -0.511 e. The number of aliphatic hydroxyl groups is 1. The SMILES string of the molecule is CCc1ccc(-c2ccc(F)cc2)c(C)c1C1=C(O)CC2(CCCC2)OC1=O. The molecule has 1 N–H and O–H groups in total. The summed E-state index contributed by atoms with van der Waals surface area (Å²) >= 11 is 0. The van der Waals surface area contributed by atoms with Gasteiger partial charge in [0.05, 0.1) is 0 Å². The van der Waals surface area contributed by atoms with E-state index in [1.165, 1.54) is 12.1 Å². The molecule has 1 heterocycles. The van der Waals surface area contributed by atoms with Crippen molar-refractivity contribution in [1.82, 2.24) is 0 Å². The molecular weight excluding hydrogens is 355 g/mol. The van der Waals surface area contributed by atoms with Crippen molar-refractivity contribution in [3.05, 3.63) is 64.7 Å². The first kappa shape index (κ1) is 18.7. The van der Waals surface area contributed by atoms with Gasteiger partial charge in [-0.15, -0.1) is 0 Å². The normalized spacial score (nSPS) is 18.6. The number of carbonyl (C=O) groups excluding carboxylic acids is 1. The van der Waals surface area contributed by atoms with Crippen LogP contribution in [0.2, 0.25) is 0 Å². The molecule has 146 valence electrons. The molecule has 2 aliphatic rings. The van der Waals surface area contributed by atoms with Gasteiger partial charge >= 0.3 is 5.97 Å². The molecular formula is C24H25FO3. The fraction of sp³-hybridized carbons (Fsp3) is 0.375. The minimum atomic E-state index is -0.528. The molecule has 2 aromatic rings. The highest BCUT2D eigenvalue weighted by molar-refractivity contribution is 6.19. The van der Waals surface area contributed by atoms with Crippen LogP contribution in [0.5, 0.6) is 0 Å². The largest absolute Gasteiger partial charge is 0.511 e. The zero-order chi connectivity index (χ0) is 19.9. The second kappa shape index (κ2) is 7.08. The van der Waals surface area contributed by atoms with Crippen LogP contribution in [0.15, 0.2) is 42.2 Å². The first-order valence-corrected chi connectivity index (χ1v) is 9.98. The Morgan fingerprint density at radius 2 is 1.79 bits per heavy atom. The second-order valence-corrected chi connectivity index (χ2v) is 7.91. The quantitative estimate of drug-likeness (QED) is 0.675. The summed E-state index contributed by atoms with van der Waals surface area (Å²) < 4.78 is 19.2. The van der Waals surface area contributed by atoms with Crippen molar-refractivity contribution in [2.45, 2.75) is 58.0 Å². The molecule has 3 nitrogen and oxygen atoms in total. The molecule has 1 saturated carbocycles. The van der Waals surface area contributed by atoms with E-state index < -0.39 is 11.6 Å². The highest BCUT2D eigenvalue weighted by Crippen LogP contribution is 2.45. The van der Waals surface area contributed by atoms with E-state index in [1.54, 1.807) is 12.1 Å². The summed E-state index contributed by atoms with van der Waals surface area (Å²) in [6, 6.07) is 10.3. The van der Waals surface area contributed by atoms with Gasteiger partial charge in [0.2, 0.25) is 0 Å². The third kappa shape index (κ3) is 3.11. The zero-order valence-electron chi connectivity index (χ0n) is 16.3. The van der Waals surface area contributed by atoms with Crippen LogP contribution in [0.3, 0.4) is 0 Å². The van der Waals surface area contributed by atoms with Crippen LogP contribution in [-0.2, 0) is 16.0 Å². The van der Waals surface area contributed by atoms with Crippen LogP contribution >= 0.6 is 0 Å². The Hall–Kier alpha value is -2.62. The first-order valence-electron chi connectivity index (χ1n) is 9.98. The number of ether oxygens (including phenoxy) is 1. The van der Waals surface area contributed by atoms with Crippen molar-refractivity contribution >= 4 is 11.5 Å². The number of aliphatic hydroxyl groups excluding tert-OH is 1. The Balaban J connectivity index is 1.85. The number of carbonyl (C=O) groups is 1. The van der Waals surface area contributed by atoms with Gasteiger partial charge in [0.25, 0.3) is 0 Å². The first-order chi connectivity index (χ1) is 13.4. The lowest BCUT2D eigenvalue weighted by Gasteiger charge is -2.34. The molecule has 1 aliphatic heterocycles. The van der Waals surface area contributed by atoms with E-state index in [0.717, 1.165) is 59.9 Å². The van der Waals surface area contributed by atoms with Gasteiger partial charge in [0, 0.05) is 6.42 Å². The van der Waals surface area contributed by atoms with Crippen LogP contribution in [0.25, 0.3) is 16.7 Å². The Morgan fingerprint density at radius 1 is 1.11 bits per heavy atom. The molecule has 0 atom stereocenters. The van der Waals surface area contributed by atoms with E-state index in [1.807, 2.05) is 26.0 Å². The molecule has 4 heteroatoms. The smallest absolute Gasteiger partial charge is 0.342 e. The van der Waals surface area contributed by atoms with E-state index in [9.17, 15) is 14.3 Å². The van der Waals surface area contributed by atoms with Crippen molar-refractivity contribution < 1.29 is 19.0 Å². The van der Waals surface area contributed by atoms with Crippen LogP contribution in [-0.4, -0.2) is 16.7 Å². The van der Waals surface area contributed by atoms with E-state index in [0.29, 0.717) is 6.42 Å². The Kier molecular flexibility index (Phi) is 4.74. The van der Waals surface area contributed by atoms with Gasteiger partial charge in [-0.2, -0.15) is 0 Å². The van der Waals surface area contributed by atoms with E-state index in [4.69, 9.17) is 4.74 Å². The van der Waals surface area contributed by atoms with Gasteiger partial charge in [0.1, 0.15) is 22.8 Å². The Labute approximate surface area is 164 Å². The second-order valence-electron chi connectivity index (χ2n) is 7.91. The highest BCUT2D eigenvalue weighted by Gasteiger charge is 2.44. The van der Waals surface area contributed by atoms with Crippen LogP contribution in [0.1, 0.15) is 55.7 Å². The van der Waals surface area contributed by atoms with Crippen molar-refractivity contribution in [1.29, 1.82) is 0 Å². The maximum Gasteiger partial charge on any atom is 0.342 e. The molecule has 0 saturated heterocycles. The molecule has 4 rings (SSSR count). The van der Waals surface area contributed by atoms with E-state index in [2.05, 4.69) is 0 Å². The van der Waals surface area contributed by atoms with Crippen LogP contribution < -0.4 is 0 Å². The molecule has 28 heavy (non-hydrogen) atoms. The van der Waals surface area contributed by atoms with Gasteiger partial charge in [-0.3, -0.25) is 0 Å². The highest BCUT2D eigenvalue weighted by atomic mass is 19.1. The zero-order valence-corrected chi connectivity index (χ0v) is 16.3. The van der Waals surface area contributed by atoms with E-state index in [-0.39, 0.29) is 17.1 Å². The van der Waals surface area contributed by atoms with Gasteiger partial charge < -0.3 is 9.84 Å². The predicted molar refractivity (Wildman–Crippen MR) is 107 cm³/mol. The predicted octanol–water partition coefficient (Wildman–Crippen LogP) is 5.89. The average Bonchev–Trinajstić information content (AvgIpc) is 3.10. The summed E-state index contributed by atoms with van der Waals surface area (Å²) in [4.78, 5) is 13.0. The monoisotopic (exact) mass is 380 g/mol. The maximum atomic E-state index is 13.3. The number of halogens is 1. The topological polar surface area (TPSA) is 46.5 Å². The number of benzene rings is 2. The molecule has 2 aromatic carbocycles. The minimum absolute atomic E-state index is 0.132. The number of rotatable bonds is 3. The summed E-state index contributed by atoms with van der Waals surface area (Å²) in [5, 5.41) is 10.9. The third-order valence-electron chi connectivity index (χ3n) is 6.14. The number of aryl methyl sites for hydroxylation is 1. The standard InChI is InChI=1S/C24H25FO3/c1-3-16-8-11-19(17-6-9-18(25)10-7-17)15(2)21(16)22-20(26)14-24(28-23(22)27)12-4-5-13-24/h6-11,26H,3-5,12-14H2,1-2H3. The molecule has 0 amide bonds. The van der Waals surface area contributed by atoms with Gasteiger partial charge in [-0.05, 0) is 79.0 Å². The summed E-state index contributed by atoms with van der Waals surface area (Å²) in [5.41, 5.74) is 4.19. The Morgan fingerprint density at radius 3 is 2.39 bits per heavy atom. The summed E-state index contributed by atoms with van der Waals surface area (Å²) in [6.07, 6.45) is 4.79. The molecule has 0 aromatic heterocycles.